The van der Waals surface area contributed by atoms with E-state index >= 15 is 0 Å². The molecule has 0 aliphatic carbocycles. The Morgan fingerprint density at radius 2 is 1.86 bits per heavy atom. The van der Waals surface area contributed by atoms with Crippen molar-refractivity contribution in [3.63, 3.8) is 0 Å². The van der Waals surface area contributed by atoms with Gasteiger partial charge in [0.15, 0.2) is 0 Å². The van der Waals surface area contributed by atoms with E-state index in [4.69, 9.17) is 4.74 Å². The molecule has 0 bridgehead atoms. The summed E-state index contributed by atoms with van der Waals surface area (Å²) in [6.07, 6.45) is 3.91. The summed E-state index contributed by atoms with van der Waals surface area (Å²) in [5.74, 6) is 0.400. The van der Waals surface area contributed by atoms with Crippen molar-refractivity contribution in [3.05, 3.63) is 78.6 Å². The van der Waals surface area contributed by atoms with E-state index in [2.05, 4.69) is 10.3 Å². The first kappa shape index (κ1) is 18.6. The van der Waals surface area contributed by atoms with Crippen LogP contribution in [-0.2, 0) is 0 Å². The molecule has 2 aromatic heterocycles. The first-order valence-corrected chi connectivity index (χ1v) is 9.26. The number of carbonyl (C=O) groups excluding carboxylic acids is 1. The molecule has 146 valence electrons. The van der Waals surface area contributed by atoms with Gasteiger partial charge in [0.2, 0.25) is 0 Å². The van der Waals surface area contributed by atoms with Gasteiger partial charge in [0.25, 0.3) is 5.91 Å². The molecule has 1 amide bonds. The highest BCUT2D eigenvalue weighted by Gasteiger charge is 2.13. The first-order chi connectivity index (χ1) is 14.0. The van der Waals surface area contributed by atoms with Gasteiger partial charge in [-0.15, -0.1) is 0 Å². The Morgan fingerprint density at radius 1 is 1.07 bits per heavy atom. The fourth-order valence-electron chi connectivity index (χ4n) is 3.14. The molecule has 2 aromatic carbocycles. The van der Waals surface area contributed by atoms with E-state index in [0.29, 0.717) is 17.0 Å². The molecule has 1 N–H and O–H groups in total. The van der Waals surface area contributed by atoms with Crippen LogP contribution >= 0.6 is 0 Å². The second-order valence-corrected chi connectivity index (χ2v) is 6.90. The van der Waals surface area contributed by atoms with Crippen LogP contribution in [0.2, 0.25) is 0 Å². The molecule has 4 rings (SSSR count). The molecule has 0 aliphatic heterocycles. The van der Waals surface area contributed by atoms with Crippen LogP contribution in [0.15, 0.2) is 73.1 Å². The van der Waals surface area contributed by atoms with E-state index in [0.717, 1.165) is 22.6 Å². The van der Waals surface area contributed by atoms with Crippen molar-refractivity contribution in [3.8, 4) is 17.0 Å². The minimum atomic E-state index is -0.194. The number of benzene rings is 2. The van der Waals surface area contributed by atoms with Gasteiger partial charge in [-0.25, -0.2) is 4.98 Å². The number of methoxy groups -OCH3 is 1. The van der Waals surface area contributed by atoms with Crippen molar-refractivity contribution >= 4 is 22.9 Å². The number of anilines is 2. The number of rotatable bonds is 5. The predicted molar refractivity (Wildman–Crippen MR) is 116 cm³/mol. The topological polar surface area (TPSA) is 58.9 Å². The molecule has 29 heavy (non-hydrogen) atoms. The molecule has 0 saturated carbocycles. The largest absolute Gasteiger partial charge is 0.495 e. The Kier molecular flexibility index (Phi) is 4.91. The molecule has 0 radical (unpaired) electrons. The van der Waals surface area contributed by atoms with Crippen molar-refractivity contribution in [1.29, 1.82) is 0 Å². The fourth-order valence-corrected chi connectivity index (χ4v) is 3.14. The molecule has 0 unspecified atom stereocenters. The molecular formula is C23H22N4O2. The van der Waals surface area contributed by atoms with Gasteiger partial charge in [0, 0.05) is 43.3 Å². The fraction of sp³-hybridized carbons (Fsp3) is 0.130. The molecule has 0 spiro atoms. The predicted octanol–water partition coefficient (Wildman–Crippen LogP) is 4.33. The lowest BCUT2D eigenvalue weighted by atomic mass is 10.1. The smallest absolute Gasteiger partial charge is 0.255 e. The number of imidazole rings is 1. The number of pyridine rings is 1. The van der Waals surface area contributed by atoms with Gasteiger partial charge in [-0.2, -0.15) is 0 Å². The van der Waals surface area contributed by atoms with Crippen LogP contribution in [-0.4, -0.2) is 36.5 Å². The third-order valence-electron chi connectivity index (χ3n) is 4.75. The molecule has 0 fully saturated rings. The summed E-state index contributed by atoms with van der Waals surface area (Å²) in [6.45, 7) is 0. The Balaban J connectivity index is 1.63. The van der Waals surface area contributed by atoms with E-state index in [9.17, 15) is 4.79 Å². The minimum Gasteiger partial charge on any atom is -0.495 e. The average molecular weight is 386 g/mol. The normalized spacial score (nSPS) is 10.7. The van der Waals surface area contributed by atoms with Gasteiger partial charge < -0.3 is 19.4 Å². The number of amides is 1. The third-order valence-corrected chi connectivity index (χ3v) is 4.75. The van der Waals surface area contributed by atoms with Crippen LogP contribution in [0.3, 0.4) is 0 Å². The van der Waals surface area contributed by atoms with Crippen LogP contribution in [0.25, 0.3) is 16.9 Å². The third kappa shape index (κ3) is 3.78. The molecule has 0 aliphatic rings. The van der Waals surface area contributed by atoms with E-state index in [1.54, 1.807) is 7.11 Å². The summed E-state index contributed by atoms with van der Waals surface area (Å²) < 4.78 is 7.40. The zero-order valence-electron chi connectivity index (χ0n) is 16.6. The highest BCUT2D eigenvalue weighted by Crippen LogP contribution is 2.31. The van der Waals surface area contributed by atoms with Crippen LogP contribution in [0.5, 0.6) is 5.75 Å². The molecule has 6 heteroatoms. The maximum atomic E-state index is 12.8. The van der Waals surface area contributed by atoms with Gasteiger partial charge in [-0.3, -0.25) is 4.79 Å². The van der Waals surface area contributed by atoms with Crippen molar-refractivity contribution in [2.45, 2.75) is 0 Å². The van der Waals surface area contributed by atoms with Gasteiger partial charge in [0.1, 0.15) is 11.4 Å². The summed E-state index contributed by atoms with van der Waals surface area (Å²) in [5.41, 5.74) is 4.80. The quantitative estimate of drug-likeness (QED) is 0.555. The number of carbonyl (C=O) groups is 1. The molecule has 0 saturated heterocycles. The van der Waals surface area contributed by atoms with Crippen molar-refractivity contribution in [1.82, 2.24) is 9.38 Å². The maximum Gasteiger partial charge on any atom is 0.255 e. The van der Waals surface area contributed by atoms with Gasteiger partial charge in [-0.05, 0) is 54.6 Å². The summed E-state index contributed by atoms with van der Waals surface area (Å²) in [6, 6.07) is 19.0. The summed E-state index contributed by atoms with van der Waals surface area (Å²) >= 11 is 0. The Bertz CT molecular complexity index is 1130. The van der Waals surface area contributed by atoms with E-state index in [1.165, 1.54) is 0 Å². The van der Waals surface area contributed by atoms with Gasteiger partial charge >= 0.3 is 0 Å². The number of fused-ring (bicyclic) bond motifs is 1. The lowest BCUT2D eigenvalue weighted by Crippen LogP contribution is -2.13. The number of nitrogens with one attached hydrogen (secondary N) is 1. The van der Waals surface area contributed by atoms with Crippen molar-refractivity contribution < 1.29 is 9.53 Å². The van der Waals surface area contributed by atoms with Gasteiger partial charge in [0.05, 0.1) is 18.5 Å². The van der Waals surface area contributed by atoms with Crippen LogP contribution in [0.1, 0.15) is 10.4 Å². The number of ether oxygens (including phenoxy) is 1. The van der Waals surface area contributed by atoms with Crippen LogP contribution < -0.4 is 15.0 Å². The zero-order chi connectivity index (χ0) is 20.4. The maximum absolute atomic E-state index is 12.8. The monoisotopic (exact) mass is 386 g/mol. The number of aromatic nitrogens is 2. The Morgan fingerprint density at radius 3 is 2.55 bits per heavy atom. The summed E-state index contributed by atoms with van der Waals surface area (Å²) in [7, 11) is 5.51. The van der Waals surface area contributed by atoms with E-state index in [1.807, 2.05) is 96.5 Å². The Hall–Kier alpha value is -3.80. The van der Waals surface area contributed by atoms with Crippen molar-refractivity contribution in [2.75, 3.05) is 31.4 Å². The molecule has 4 aromatic rings. The summed E-state index contributed by atoms with van der Waals surface area (Å²) in [5, 5.41) is 2.96. The van der Waals surface area contributed by atoms with Crippen molar-refractivity contribution in [2.24, 2.45) is 0 Å². The van der Waals surface area contributed by atoms with Crippen LogP contribution in [0.4, 0.5) is 11.4 Å². The number of hydrogen-bond donors (Lipinski definition) is 1. The lowest BCUT2D eigenvalue weighted by Gasteiger charge is -2.14. The second-order valence-electron chi connectivity index (χ2n) is 6.90. The average Bonchev–Trinajstić information content (AvgIpc) is 3.18. The zero-order valence-corrected chi connectivity index (χ0v) is 16.6. The number of nitrogens with zero attached hydrogens (tertiary/aromatic N) is 3. The lowest BCUT2D eigenvalue weighted by molar-refractivity contribution is 0.102. The molecule has 6 nitrogen and oxygen atoms in total. The molecule has 2 heterocycles. The first-order valence-electron chi connectivity index (χ1n) is 9.26. The highest BCUT2D eigenvalue weighted by atomic mass is 16.5. The van der Waals surface area contributed by atoms with Gasteiger partial charge in [-0.1, -0.05) is 6.07 Å². The van der Waals surface area contributed by atoms with E-state index < -0.39 is 0 Å². The Labute approximate surface area is 169 Å². The summed E-state index contributed by atoms with van der Waals surface area (Å²) in [4.78, 5) is 19.4. The number of hydrogen-bond acceptors (Lipinski definition) is 4. The highest BCUT2D eigenvalue weighted by molar-refractivity contribution is 6.05. The van der Waals surface area contributed by atoms with Crippen LogP contribution in [0, 0.1) is 0 Å². The standard InChI is InChI=1S/C23H22N4O2/c1-26(2)18-10-7-16(8-11-18)23(28)25-19-14-17(9-12-21(19)29-3)20-15-27-13-5-4-6-22(27)24-20/h4-15H,1-3H3,(H,25,28). The van der Waals surface area contributed by atoms with E-state index in [-0.39, 0.29) is 5.91 Å². The SMILES string of the molecule is COc1ccc(-c2cn3ccccc3n2)cc1NC(=O)c1ccc(N(C)C)cc1. The second kappa shape index (κ2) is 7.67. The molecule has 0 atom stereocenters. The minimum absolute atomic E-state index is 0.194. The molecular weight excluding hydrogens is 364 g/mol.